The molecule has 4 rings (SSSR count). The number of hydrogen-bond donors (Lipinski definition) is 0. The zero-order valence-electron chi connectivity index (χ0n) is 17.8. The highest BCUT2D eigenvalue weighted by Gasteiger charge is 2.67. The van der Waals surface area contributed by atoms with Crippen LogP contribution in [-0.2, 0) is 30.3 Å². The van der Waals surface area contributed by atoms with Crippen LogP contribution < -0.4 is 0 Å². The van der Waals surface area contributed by atoms with Crippen LogP contribution in [0.2, 0.25) is 0 Å². The predicted molar refractivity (Wildman–Crippen MR) is 109 cm³/mol. The van der Waals surface area contributed by atoms with Gasteiger partial charge >= 0.3 is 0 Å². The first kappa shape index (κ1) is 20.5. The summed E-state index contributed by atoms with van der Waals surface area (Å²) in [5, 5.41) is 0. The smallest absolute Gasteiger partial charge is 0.164 e. The Labute approximate surface area is 172 Å². The van der Waals surface area contributed by atoms with E-state index in [-0.39, 0.29) is 23.7 Å². The van der Waals surface area contributed by atoms with E-state index in [9.17, 15) is 4.79 Å². The predicted octanol–water partition coefficient (Wildman–Crippen LogP) is 3.83. The van der Waals surface area contributed by atoms with E-state index in [4.69, 9.17) is 18.9 Å². The molecule has 2 fully saturated rings. The Morgan fingerprint density at radius 3 is 2.62 bits per heavy atom. The Kier molecular flexibility index (Phi) is 5.28. The molecule has 1 saturated carbocycles. The van der Waals surface area contributed by atoms with Crippen LogP contribution in [0, 0.1) is 11.8 Å². The second-order valence-electron chi connectivity index (χ2n) is 8.85. The van der Waals surface area contributed by atoms with Crippen LogP contribution in [0.4, 0.5) is 0 Å². The molecule has 2 bridgehead atoms. The summed E-state index contributed by atoms with van der Waals surface area (Å²) in [7, 11) is 1.67. The van der Waals surface area contributed by atoms with Crippen LogP contribution in [0.15, 0.2) is 54.1 Å². The molecule has 5 heteroatoms. The number of ether oxygens (including phenoxy) is 4. The molecule has 29 heavy (non-hydrogen) atoms. The van der Waals surface area contributed by atoms with Gasteiger partial charge in [-0.15, -0.1) is 0 Å². The van der Waals surface area contributed by atoms with E-state index < -0.39 is 23.6 Å². The summed E-state index contributed by atoms with van der Waals surface area (Å²) in [4.78, 5) is 12.6. The van der Waals surface area contributed by atoms with Gasteiger partial charge in [-0.1, -0.05) is 56.3 Å². The number of ketones is 1. The molecule has 2 aliphatic carbocycles. The topological polar surface area (TPSA) is 54.0 Å². The summed E-state index contributed by atoms with van der Waals surface area (Å²) < 4.78 is 25.0. The lowest BCUT2D eigenvalue weighted by molar-refractivity contribution is -0.190. The second kappa shape index (κ2) is 7.47. The molecule has 0 radical (unpaired) electrons. The third-order valence-corrected chi connectivity index (χ3v) is 6.01. The molecule has 156 valence electrons. The van der Waals surface area contributed by atoms with Crippen molar-refractivity contribution in [3.63, 3.8) is 0 Å². The third-order valence-electron chi connectivity index (χ3n) is 6.01. The summed E-state index contributed by atoms with van der Waals surface area (Å²) in [6, 6.07) is 10.0. The Morgan fingerprint density at radius 1 is 1.24 bits per heavy atom. The second-order valence-corrected chi connectivity index (χ2v) is 8.85. The monoisotopic (exact) mass is 398 g/mol. The van der Waals surface area contributed by atoms with Crippen molar-refractivity contribution in [1.82, 2.24) is 0 Å². The van der Waals surface area contributed by atoms with Gasteiger partial charge in [-0.25, -0.2) is 0 Å². The molecule has 1 aliphatic heterocycles. The van der Waals surface area contributed by atoms with Crippen LogP contribution in [0.3, 0.4) is 0 Å². The molecule has 0 aromatic heterocycles. The van der Waals surface area contributed by atoms with E-state index in [0.717, 1.165) is 11.1 Å². The van der Waals surface area contributed by atoms with E-state index in [1.165, 1.54) is 0 Å². The first-order valence-corrected chi connectivity index (χ1v) is 10.3. The number of carbonyl (C=O) groups excluding carboxylic acids is 1. The van der Waals surface area contributed by atoms with Crippen molar-refractivity contribution in [2.75, 3.05) is 7.11 Å². The average Bonchev–Trinajstić information content (AvgIpc) is 3.10. The standard InChI is InChI=1S/C24H30O5/c1-15(2)19(25)13-18-17-11-12-24(21(17)28-23(3,4)29-24)22(26-5)20(18)27-14-16-9-7-6-8-10-16/h6-13,15,17,20-22H,14H2,1-5H3/b18-13-/t17-,20?,21+,22?,24?/m1/s1. The number of hydrogen-bond acceptors (Lipinski definition) is 5. The van der Waals surface area contributed by atoms with Crippen LogP contribution in [0.25, 0.3) is 0 Å². The molecule has 1 heterocycles. The molecule has 1 saturated heterocycles. The normalized spacial score (nSPS) is 36.0. The van der Waals surface area contributed by atoms with Gasteiger partial charge < -0.3 is 18.9 Å². The third kappa shape index (κ3) is 3.50. The highest BCUT2D eigenvalue weighted by molar-refractivity contribution is 5.92. The Morgan fingerprint density at radius 2 is 1.97 bits per heavy atom. The number of methoxy groups -OCH3 is 1. The molecular formula is C24H30O5. The van der Waals surface area contributed by atoms with Crippen LogP contribution in [0.5, 0.6) is 0 Å². The van der Waals surface area contributed by atoms with Crippen molar-refractivity contribution in [2.24, 2.45) is 11.8 Å². The molecule has 5 nitrogen and oxygen atoms in total. The van der Waals surface area contributed by atoms with Crippen LogP contribution in [0.1, 0.15) is 33.3 Å². The SMILES string of the molecule is COC1C(OCc2ccccc2)/C(=C\C(=O)C(C)C)[C@H]2C=CC13OC(C)(C)O[C@@H]23. The van der Waals surface area contributed by atoms with Gasteiger partial charge in [0.05, 0.1) is 6.61 Å². The lowest BCUT2D eigenvalue weighted by Gasteiger charge is -2.45. The van der Waals surface area contributed by atoms with E-state index in [1.807, 2.05) is 64.1 Å². The average molecular weight is 398 g/mol. The Balaban J connectivity index is 1.72. The fourth-order valence-electron chi connectivity index (χ4n) is 4.71. The molecular weight excluding hydrogens is 368 g/mol. The van der Waals surface area contributed by atoms with Gasteiger partial charge in [-0.2, -0.15) is 0 Å². The summed E-state index contributed by atoms with van der Waals surface area (Å²) in [6.45, 7) is 8.07. The quantitative estimate of drug-likeness (QED) is 0.539. The molecule has 3 unspecified atom stereocenters. The van der Waals surface area contributed by atoms with Gasteiger partial charge in [0.1, 0.15) is 23.9 Å². The van der Waals surface area contributed by atoms with Crippen molar-refractivity contribution in [3.05, 3.63) is 59.7 Å². The van der Waals surface area contributed by atoms with Crippen molar-refractivity contribution in [3.8, 4) is 0 Å². The minimum absolute atomic E-state index is 0.0772. The molecule has 0 spiro atoms. The van der Waals surface area contributed by atoms with Gasteiger partial charge in [0, 0.05) is 18.9 Å². The van der Waals surface area contributed by atoms with E-state index >= 15 is 0 Å². The molecule has 1 aromatic rings. The zero-order chi connectivity index (χ0) is 20.8. The van der Waals surface area contributed by atoms with Gasteiger partial charge in [0.25, 0.3) is 0 Å². The maximum atomic E-state index is 12.6. The zero-order valence-corrected chi connectivity index (χ0v) is 17.8. The van der Waals surface area contributed by atoms with Crippen molar-refractivity contribution in [1.29, 1.82) is 0 Å². The first-order valence-electron chi connectivity index (χ1n) is 10.3. The number of carbonyl (C=O) groups is 1. The minimum atomic E-state index is -0.730. The van der Waals surface area contributed by atoms with E-state index in [1.54, 1.807) is 13.2 Å². The molecule has 1 aromatic carbocycles. The Hall–Kier alpha value is -1.79. The highest BCUT2D eigenvalue weighted by atomic mass is 16.8. The van der Waals surface area contributed by atoms with Gasteiger partial charge in [0.15, 0.2) is 11.6 Å². The van der Waals surface area contributed by atoms with Crippen LogP contribution >= 0.6 is 0 Å². The number of benzene rings is 1. The summed E-state index contributed by atoms with van der Waals surface area (Å²) in [6.07, 6.45) is 4.81. The summed E-state index contributed by atoms with van der Waals surface area (Å²) in [5.74, 6) is -0.820. The van der Waals surface area contributed by atoms with Gasteiger partial charge in [-0.05, 0) is 31.1 Å². The van der Waals surface area contributed by atoms with Crippen molar-refractivity contribution >= 4 is 5.78 Å². The maximum Gasteiger partial charge on any atom is 0.164 e. The van der Waals surface area contributed by atoms with Crippen LogP contribution in [-0.4, -0.2) is 42.6 Å². The van der Waals surface area contributed by atoms with E-state index in [2.05, 4.69) is 6.08 Å². The number of rotatable bonds is 6. The lowest BCUT2D eigenvalue weighted by Crippen LogP contribution is -2.60. The lowest BCUT2D eigenvalue weighted by atomic mass is 9.73. The largest absolute Gasteiger partial charge is 0.375 e. The minimum Gasteiger partial charge on any atom is -0.375 e. The maximum absolute atomic E-state index is 12.6. The highest BCUT2D eigenvalue weighted by Crippen LogP contribution is 2.55. The van der Waals surface area contributed by atoms with Crippen molar-refractivity contribution in [2.45, 2.75) is 64.0 Å². The Bertz CT molecular complexity index is 825. The fourth-order valence-corrected chi connectivity index (χ4v) is 4.71. The first-order chi connectivity index (χ1) is 13.8. The van der Waals surface area contributed by atoms with E-state index in [0.29, 0.717) is 6.61 Å². The molecule has 3 aliphatic rings. The molecule has 5 atom stereocenters. The van der Waals surface area contributed by atoms with Crippen molar-refractivity contribution < 1.29 is 23.7 Å². The van der Waals surface area contributed by atoms with Gasteiger partial charge in [0.2, 0.25) is 0 Å². The summed E-state index contributed by atoms with van der Waals surface area (Å²) in [5.41, 5.74) is 1.26. The number of allylic oxidation sites excluding steroid dienone is 1. The van der Waals surface area contributed by atoms with Gasteiger partial charge in [-0.3, -0.25) is 4.79 Å². The molecule has 0 amide bonds. The fraction of sp³-hybridized carbons (Fsp3) is 0.542. The molecule has 0 N–H and O–H groups in total. The summed E-state index contributed by atoms with van der Waals surface area (Å²) >= 11 is 0.